The zero-order chi connectivity index (χ0) is 10.8. The number of rotatable bonds is 1. The van der Waals surface area contributed by atoms with Crippen molar-refractivity contribution in [3.8, 4) is 0 Å². The first-order chi connectivity index (χ1) is 7.18. The summed E-state index contributed by atoms with van der Waals surface area (Å²) < 4.78 is 0.937. The van der Waals surface area contributed by atoms with Gasteiger partial charge in [-0.1, -0.05) is 0 Å². The molecule has 1 atom stereocenters. The highest BCUT2D eigenvalue weighted by Crippen LogP contribution is 2.16. The van der Waals surface area contributed by atoms with Crippen molar-refractivity contribution < 1.29 is 4.79 Å². The maximum absolute atomic E-state index is 11.8. The molecule has 2 heterocycles. The van der Waals surface area contributed by atoms with E-state index in [4.69, 9.17) is 0 Å². The van der Waals surface area contributed by atoms with Gasteiger partial charge in [-0.25, -0.2) is 4.98 Å². The average Bonchev–Trinajstić information content (AvgIpc) is 2.24. The molecule has 0 bridgehead atoms. The number of anilines is 1. The molecule has 1 amide bonds. The van der Waals surface area contributed by atoms with Crippen LogP contribution in [0.5, 0.6) is 0 Å². The molecule has 0 radical (unpaired) electrons. The predicted molar refractivity (Wildman–Crippen MR) is 66.8 cm³/mol. The summed E-state index contributed by atoms with van der Waals surface area (Å²) in [6, 6.07) is 3.75. The molecule has 1 fully saturated rings. The Bertz CT molecular complexity index is 365. The van der Waals surface area contributed by atoms with Crippen LogP contribution in [-0.2, 0) is 4.79 Å². The normalized spacial score (nSPS) is 21.9. The number of nitrogens with one attached hydrogen (secondary N) is 1. The highest BCUT2D eigenvalue weighted by molar-refractivity contribution is 14.1. The van der Waals surface area contributed by atoms with Crippen LogP contribution in [0, 0.1) is 3.70 Å². The van der Waals surface area contributed by atoms with Gasteiger partial charge in [-0.3, -0.25) is 4.79 Å². The van der Waals surface area contributed by atoms with Crippen molar-refractivity contribution >= 4 is 34.2 Å². The average molecular weight is 317 g/mol. The molecule has 1 aliphatic heterocycles. The van der Waals surface area contributed by atoms with Gasteiger partial charge in [-0.15, -0.1) is 0 Å². The lowest BCUT2D eigenvalue weighted by atomic mass is 10.2. The van der Waals surface area contributed by atoms with Crippen molar-refractivity contribution in [1.82, 2.24) is 10.3 Å². The standard InChI is InChI=1S/C10H12IN3O/c1-7-10(15)14(5-4-12-7)8-2-3-9(11)13-6-8/h2-3,6-7,12H,4-5H2,1H3/t7-/m0/s1. The number of hydrogen-bond acceptors (Lipinski definition) is 3. The second-order valence-corrected chi connectivity index (χ2v) is 4.61. The van der Waals surface area contributed by atoms with Crippen LogP contribution in [0.4, 0.5) is 5.69 Å². The zero-order valence-electron chi connectivity index (χ0n) is 8.40. The molecule has 0 aliphatic carbocycles. The summed E-state index contributed by atoms with van der Waals surface area (Å²) in [6.45, 7) is 3.43. The summed E-state index contributed by atoms with van der Waals surface area (Å²) in [6.07, 6.45) is 1.75. The maximum Gasteiger partial charge on any atom is 0.243 e. The Morgan fingerprint density at radius 3 is 3.07 bits per heavy atom. The number of halogens is 1. The Morgan fingerprint density at radius 1 is 1.60 bits per heavy atom. The van der Waals surface area contributed by atoms with Crippen molar-refractivity contribution in [2.45, 2.75) is 13.0 Å². The van der Waals surface area contributed by atoms with E-state index in [0.29, 0.717) is 6.54 Å². The third kappa shape index (κ3) is 2.28. The van der Waals surface area contributed by atoms with Crippen LogP contribution < -0.4 is 10.2 Å². The van der Waals surface area contributed by atoms with E-state index in [0.717, 1.165) is 15.9 Å². The van der Waals surface area contributed by atoms with Crippen molar-refractivity contribution in [3.63, 3.8) is 0 Å². The molecule has 1 aromatic heterocycles. The first-order valence-corrected chi connectivity index (χ1v) is 5.92. The summed E-state index contributed by atoms with van der Waals surface area (Å²) in [5.74, 6) is 0.115. The number of hydrogen-bond donors (Lipinski definition) is 1. The van der Waals surface area contributed by atoms with Gasteiger partial charge in [0.2, 0.25) is 5.91 Å². The summed E-state index contributed by atoms with van der Waals surface area (Å²) in [5, 5.41) is 3.13. The smallest absolute Gasteiger partial charge is 0.243 e. The number of aromatic nitrogens is 1. The molecular weight excluding hydrogens is 305 g/mol. The van der Waals surface area contributed by atoms with E-state index in [-0.39, 0.29) is 11.9 Å². The topological polar surface area (TPSA) is 45.2 Å². The van der Waals surface area contributed by atoms with E-state index >= 15 is 0 Å². The number of carbonyl (C=O) groups excluding carboxylic acids is 1. The van der Waals surface area contributed by atoms with Crippen molar-refractivity contribution in [3.05, 3.63) is 22.0 Å². The Morgan fingerprint density at radius 2 is 2.40 bits per heavy atom. The van der Waals surface area contributed by atoms with Crippen LogP contribution >= 0.6 is 22.6 Å². The van der Waals surface area contributed by atoms with Crippen LogP contribution in [0.2, 0.25) is 0 Å². The lowest BCUT2D eigenvalue weighted by molar-refractivity contribution is -0.121. The Labute approximate surface area is 102 Å². The molecule has 0 unspecified atom stereocenters. The first-order valence-electron chi connectivity index (χ1n) is 4.85. The third-order valence-corrected chi connectivity index (χ3v) is 3.08. The van der Waals surface area contributed by atoms with Gasteiger partial charge in [0.05, 0.1) is 17.9 Å². The molecule has 1 aliphatic rings. The van der Waals surface area contributed by atoms with Gasteiger partial charge >= 0.3 is 0 Å². The SMILES string of the molecule is C[C@@H]1NCCN(c2ccc(I)nc2)C1=O. The molecule has 15 heavy (non-hydrogen) atoms. The molecule has 5 heteroatoms. The van der Waals surface area contributed by atoms with Gasteiger partial charge in [-0.2, -0.15) is 0 Å². The highest BCUT2D eigenvalue weighted by atomic mass is 127. The summed E-state index contributed by atoms with van der Waals surface area (Å²) in [5.41, 5.74) is 0.883. The molecule has 0 spiro atoms. The van der Waals surface area contributed by atoms with E-state index < -0.39 is 0 Å². The number of pyridine rings is 1. The second kappa shape index (κ2) is 4.44. The summed E-state index contributed by atoms with van der Waals surface area (Å²) in [7, 11) is 0. The highest BCUT2D eigenvalue weighted by Gasteiger charge is 2.25. The Balaban J connectivity index is 2.22. The fourth-order valence-electron chi connectivity index (χ4n) is 1.61. The van der Waals surface area contributed by atoms with Gasteiger partial charge < -0.3 is 10.2 Å². The minimum atomic E-state index is -0.0990. The van der Waals surface area contributed by atoms with E-state index in [1.54, 1.807) is 11.1 Å². The number of piperazine rings is 1. The van der Waals surface area contributed by atoms with Crippen molar-refractivity contribution in [2.24, 2.45) is 0 Å². The Kier molecular flexibility index (Phi) is 3.20. The fourth-order valence-corrected chi connectivity index (χ4v) is 1.93. The number of amides is 1. The number of nitrogens with zero attached hydrogens (tertiary/aromatic N) is 2. The zero-order valence-corrected chi connectivity index (χ0v) is 10.6. The van der Waals surface area contributed by atoms with E-state index in [9.17, 15) is 4.79 Å². The van der Waals surface area contributed by atoms with Gasteiger partial charge in [0, 0.05) is 13.1 Å². The lowest BCUT2D eigenvalue weighted by Crippen LogP contribution is -2.53. The fraction of sp³-hybridized carbons (Fsp3) is 0.400. The molecular formula is C10H12IN3O. The molecule has 0 saturated carbocycles. The van der Waals surface area contributed by atoms with Gasteiger partial charge in [0.25, 0.3) is 0 Å². The van der Waals surface area contributed by atoms with Gasteiger partial charge in [0.15, 0.2) is 0 Å². The molecule has 0 aromatic carbocycles. The maximum atomic E-state index is 11.8. The largest absolute Gasteiger partial charge is 0.308 e. The quantitative estimate of drug-likeness (QED) is 0.621. The number of carbonyl (C=O) groups is 1. The van der Waals surface area contributed by atoms with Crippen LogP contribution in [0.1, 0.15) is 6.92 Å². The van der Waals surface area contributed by atoms with Crippen LogP contribution in [0.25, 0.3) is 0 Å². The minimum Gasteiger partial charge on any atom is -0.308 e. The summed E-state index contributed by atoms with van der Waals surface area (Å²) >= 11 is 2.15. The molecule has 1 saturated heterocycles. The van der Waals surface area contributed by atoms with Crippen LogP contribution in [0.15, 0.2) is 18.3 Å². The summed E-state index contributed by atoms with van der Waals surface area (Å²) in [4.78, 5) is 17.8. The molecule has 80 valence electrons. The lowest BCUT2D eigenvalue weighted by Gasteiger charge is -2.31. The molecule has 4 nitrogen and oxygen atoms in total. The van der Waals surface area contributed by atoms with E-state index in [1.165, 1.54) is 0 Å². The van der Waals surface area contributed by atoms with Crippen molar-refractivity contribution in [1.29, 1.82) is 0 Å². The van der Waals surface area contributed by atoms with Gasteiger partial charge in [-0.05, 0) is 41.6 Å². The second-order valence-electron chi connectivity index (χ2n) is 3.50. The molecule has 1 N–H and O–H groups in total. The Hall–Kier alpha value is -0.690. The molecule has 2 rings (SSSR count). The van der Waals surface area contributed by atoms with E-state index in [2.05, 4.69) is 32.9 Å². The third-order valence-electron chi connectivity index (χ3n) is 2.45. The van der Waals surface area contributed by atoms with Gasteiger partial charge in [0.1, 0.15) is 3.70 Å². The molecule has 1 aromatic rings. The minimum absolute atomic E-state index is 0.0990. The monoisotopic (exact) mass is 317 g/mol. The van der Waals surface area contributed by atoms with Crippen LogP contribution in [0.3, 0.4) is 0 Å². The predicted octanol–water partition coefficient (Wildman–Crippen LogP) is 1.01. The van der Waals surface area contributed by atoms with E-state index in [1.807, 2.05) is 19.1 Å². The first kappa shape index (κ1) is 10.8. The van der Waals surface area contributed by atoms with Crippen molar-refractivity contribution in [2.75, 3.05) is 18.0 Å². The van der Waals surface area contributed by atoms with Crippen LogP contribution in [-0.4, -0.2) is 30.0 Å².